The van der Waals surface area contributed by atoms with Crippen LogP contribution in [0, 0.1) is 12.8 Å². The lowest BCUT2D eigenvalue weighted by Crippen LogP contribution is -2.45. The third kappa shape index (κ3) is 1.82. The monoisotopic (exact) mass is 242 g/mol. The van der Waals surface area contributed by atoms with Crippen molar-refractivity contribution in [3.05, 3.63) is 42.0 Å². The van der Waals surface area contributed by atoms with Gasteiger partial charge in [-0.3, -0.25) is 4.57 Å². The van der Waals surface area contributed by atoms with E-state index in [-0.39, 0.29) is 0 Å². The molecule has 1 aromatic heterocycles. The van der Waals surface area contributed by atoms with Crippen molar-refractivity contribution in [2.75, 3.05) is 13.1 Å². The predicted molar refractivity (Wildman–Crippen MR) is 70.9 cm³/mol. The highest BCUT2D eigenvalue weighted by Gasteiger charge is 2.29. The van der Waals surface area contributed by atoms with Crippen molar-refractivity contribution in [2.45, 2.75) is 19.8 Å². The summed E-state index contributed by atoms with van der Waals surface area (Å²) in [6.45, 7) is 6.42. The van der Waals surface area contributed by atoms with Crippen LogP contribution in [0.5, 0.6) is 0 Å². The first kappa shape index (κ1) is 11.4. The highest BCUT2D eigenvalue weighted by Crippen LogP contribution is 2.27. The van der Waals surface area contributed by atoms with E-state index in [0.29, 0.717) is 11.8 Å². The second-order valence-electron chi connectivity index (χ2n) is 4.98. The van der Waals surface area contributed by atoms with Gasteiger partial charge in [0.25, 0.3) is 0 Å². The van der Waals surface area contributed by atoms with Gasteiger partial charge in [-0.2, -0.15) is 0 Å². The summed E-state index contributed by atoms with van der Waals surface area (Å²) in [5, 5.41) is 11.9. The molecule has 2 aromatic rings. The number of rotatable bonds is 3. The van der Waals surface area contributed by atoms with Crippen LogP contribution < -0.4 is 5.32 Å². The van der Waals surface area contributed by atoms with Crippen LogP contribution in [-0.4, -0.2) is 27.9 Å². The lowest BCUT2D eigenvalue weighted by Gasteiger charge is -2.32. The zero-order chi connectivity index (χ0) is 12.5. The minimum Gasteiger partial charge on any atom is -0.316 e. The fourth-order valence-corrected chi connectivity index (χ4v) is 2.45. The van der Waals surface area contributed by atoms with Crippen LogP contribution in [0.15, 0.2) is 30.3 Å². The molecule has 2 heterocycles. The van der Waals surface area contributed by atoms with Crippen molar-refractivity contribution in [1.82, 2.24) is 20.1 Å². The Kier molecular flexibility index (Phi) is 2.88. The summed E-state index contributed by atoms with van der Waals surface area (Å²) >= 11 is 0. The molecule has 0 radical (unpaired) electrons. The Balaban J connectivity index is 2.01. The number of aromatic nitrogens is 3. The van der Waals surface area contributed by atoms with E-state index in [2.05, 4.69) is 39.1 Å². The van der Waals surface area contributed by atoms with Gasteiger partial charge in [-0.1, -0.05) is 25.1 Å². The summed E-state index contributed by atoms with van der Waals surface area (Å²) in [5.41, 5.74) is 1.15. The zero-order valence-corrected chi connectivity index (χ0v) is 10.8. The number of benzene rings is 1. The van der Waals surface area contributed by atoms with Gasteiger partial charge in [-0.25, -0.2) is 0 Å². The Morgan fingerprint density at radius 2 is 1.94 bits per heavy atom. The number of nitrogens with one attached hydrogen (secondary N) is 1. The first-order chi connectivity index (χ1) is 8.77. The van der Waals surface area contributed by atoms with Crippen molar-refractivity contribution in [1.29, 1.82) is 0 Å². The molecule has 0 bridgehead atoms. The molecule has 1 aromatic carbocycles. The molecule has 94 valence electrons. The summed E-state index contributed by atoms with van der Waals surface area (Å²) in [7, 11) is 0. The van der Waals surface area contributed by atoms with E-state index >= 15 is 0 Å². The molecule has 1 aliphatic rings. The molecule has 1 saturated heterocycles. The largest absolute Gasteiger partial charge is 0.316 e. The summed E-state index contributed by atoms with van der Waals surface area (Å²) in [6.07, 6.45) is 0. The fourth-order valence-electron chi connectivity index (χ4n) is 2.45. The highest BCUT2D eigenvalue weighted by molar-refractivity contribution is 5.34. The van der Waals surface area contributed by atoms with Crippen LogP contribution in [0.2, 0.25) is 0 Å². The summed E-state index contributed by atoms with van der Waals surface area (Å²) < 4.78 is 2.17. The number of hydrogen-bond acceptors (Lipinski definition) is 3. The normalized spacial score (nSPS) is 17.4. The van der Waals surface area contributed by atoms with E-state index in [0.717, 1.165) is 30.4 Å². The van der Waals surface area contributed by atoms with Crippen LogP contribution in [-0.2, 0) is 0 Å². The maximum absolute atomic E-state index is 4.38. The molecule has 1 N–H and O–H groups in total. The lowest BCUT2D eigenvalue weighted by molar-refractivity contribution is 0.294. The molecule has 3 rings (SSSR count). The van der Waals surface area contributed by atoms with Crippen LogP contribution in [0.25, 0.3) is 5.69 Å². The third-order valence-corrected chi connectivity index (χ3v) is 3.79. The van der Waals surface area contributed by atoms with Gasteiger partial charge in [-0.05, 0) is 38.1 Å². The molecule has 0 spiro atoms. The molecular weight excluding hydrogens is 224 g/mol. The molecule has 18 heavy (non-hydrogen) atoms. The highest BCUT2D eigenvalue weighted by atomic mass is 15.3. The van der Waals surface area contributed by atoms with E-state index < -0.39 is 0 Å². The van der Waals surface area contributed by atoms with Gasteiger partial charge in [0, 0.05) is 11.6 Å². The minimum atomic E-state index is 0.438. The minimum absolute atomic E-state index is 0.438. The van der Waals surface area contributed by atoms with Crippen LogP contribution in [0.1, 0.15) is 24.5 Å². The van der Waals surface area contributed by atoms with Gasteiger partial charge in [-0.15, -0.1) is 10.2 Å². The van der Waals surface area contributed by atoms with Gasteiger partial charge in [0.15, 0.2) is 0 Å². The maximum atomic E-state index is 4.38. The standard InChI is InChI=1S/C14H18N4/c1-10(12-8-15-9-12)14-17-16-11(2)18(14)13-6-4-3-5-7-13/h3-7,10,12,15H,8-9H2,1-2H3. The summed E-state index contributed by atoms with van der Waals surface area (Å²) in [6, 6.07) is 10.3. The van der Waals surface area contributed by atoms with Gasteiger partial charge < -0.3 is 5.32 Å². The van der Waals surface area contributed by atoms with E-state index in [9.17, 15) is 0 Å². The van der Waals surface area contributed by atoms with Crippen LogP contribution in [0.3, 0.4) is 0 Å². The molecule has 4 heteroatoms. The molecule has 4 nitrogen and oxygen atoms in total. The molecule has 1 atom stereocenters. The fraction of sp³-hybridized carbons (Fsp3) is 0.429. The Labute approximate surface area is 107 Å². The van der Waals surface area contributed by atoms with Gasteiger partial charge in [0.2, 0.25) is 0 Å². The average Bonchev–Trinajstić information content (AvgIpc) is 2.70. The maximum Gasteiger partial charge on any atom is 0.140 e. The Morgan fingerprint density at radius 1 is 1.22 bits per heavy atom. The average molecular weight is 242 g/mol. The Hall–Kier alpha value is -1.68. The first-order valence-corrected chi connectivity index (χ1v) is 6.45. The molecule has 0 amide bonds. The van der Waals surface area contributed by atoms with Crippen molar-refractivity contribution in [3.63, 3.8) is 0 Å². The predicted octanol–water partition coefficient (Wildman–Crippen LogP) is 1.90. The molecule has 0 aliphatic carbocycles. The van der Waals surface area contributed by atoms with E-state index in [1.165, 1.54) is 0 Å². The van der Waals surface area contributed by atoms with Gasteiger partial charge in [0.1, 0.15) is 11.6 Å². The van der Waals surface area contributed by atoms with Crippen molar-refractivity contribution < 1.29 is 0 Å². The van der Waals surface area contributed by atoms with Crippen molar-refractivity contribution in [3.8, 4) is 5.69 Å². The van der Waals surface area contributed by atoms with Crippen molar-refractivity contribution >= 4 is 0 Å². The van der Waals surface area contributed by atoms with Crippen LogP contribution >= 0.6 is 0 Å². The SMILES string of the molecule is Cc1nnc(C(C)C2CNC2)n1-c1ccccc1. The molecule has 1 aliphatic heterocycles. The summed E-state index contributed by atoms with van der Waals surface area (Å²) in [5.74, 6) is 3.14. The van der Waals surface area contributed by atoms with Gasteiger partial charge in [0.05, 0.1) is 0 Å². The first-order valence-electron chi connectivity index (χ1n) is 6.45. The number of nitrogens with zero attached hydrogens (tertiary/aromatic N) is 3. The van der Waals surface area contributed by atoms with E-state index in [4.69, 9.17) is 0 Å². The molecule has 1 unspecified atom stereocenters. The smallest absolute Gasteiger partial charge is 0.140 e. The number of hydrogen-bond donors (Lipinski definition) is 1. The quantitative estimate of drug-likeness (QED) is 0.894. The van der Waals surface area contributed by atoms with Gasteiger partial charge >= 0.3 is 0 Å². The zero-order valence-electron chi connectivity index (χ0n) is 10.8. The Bertz CT molecular complexity index is 528. The van der Waals surface area contributed by atoms with Crippen molar-refractivity contribution in [2.24, 2.45) is 5.92 Å². The Morgan fingerprint density at radius 3 is 2.56 bits per heavy atom. The van der Waals surface area contributed by atoms with Crippen LogP contribution in [0.4, 0.5) is 0 Å². The second-order valence-corrected chi connectivity index (χ2v) is 4.98. The summed E-state index contributed by atoms with van der Waals surface area (Å²) in [4.78, 5) is 0. The lowest BCUT2D eigenvalue weighted by atomic mass is 9.88. The van der Waals surface area contributed by atoms with E-state index in [1.807, 2.05) is 25.1 Å². The third-order valence-electron chi connectivity index (χ3n) is 3.79. The topological polar surface area (TPSA) is 42.7 Å². The molecule has 0 saturated carbocycles. The molecular formula is C14H18N4. The van der Waals surface area contributed by atoms with E-state index in [1.54, 1.807) is 0 Å². The second kappa shape index (κ2) is 4.53. The number of para-hydroxylation sites is 1. The number of aryl methyl sites for hydroxylation is 1. The molecule has 1 fully saturated rings.